The van der Waals surface area contributed by atoms with Crippen LogP contribution in [0.3, 0.4) is 0 Å². The highest BCUT2D eigenvalue weighted by molar-refractivity contribution is 7.84. The fourth-order valence-corrected chi connectivity index (χ4v) is 4.63. The molecule has 1 saturated carbocycles. The van der Waals surface area contributed by atoms with Gasteiger partial charge in [-0.2, -0.15) is 13.2 Å². The lowest BCUT2D eigenvalue weighted by molar-refractivity contribution is -0.175. The van der Waals surface area contributed by atoms with E-state index in [1.54, 1.807) is 20.8 Å². The van der Waals surface area contributed by atoms with Crippen LogP contribution in [0.15, 0.2) is 0 Å². The minimum atomic E-state index is -4.28. The molecule has 1 aliphatic heterocycles. The van der Waals surface area contributed by atoms with E-state index >= 15 is 0 Å². The van der Waals surface area contributed by atoms with Gasteiger partial charge in [0.1, 0.15) is 0 Å². The largest absolute Gasteiger partial charge is 0.465 e. The number of alkyl halides is 3. The topological polar surface area (TPSA) is 69.6 Å². The van der Waals surface area contributed by atoms with Crippen LogP contribution in [0.1, 0.15) is 46.5 Å². The summed E-state index contributed by atoms with van der Waals surface area (Å²) in [6, 6.07) is -0.514. The fraction of sp³-hybridized carbons (Fsp3) is 0.933. The third-order valence-corrected chi connectivity index (χ3v) is 6.82. The third kappa shape index (κ3) is 4.04. The summed E-state index contributed by atoms with van der Waals surface area (Å²) in [6.45, 7) is 5.75. The maximum atomic E-state index is 13.2. The van der Waals surface area contributed by atoms with Crippen molar-refractivity contribution < 1.29 is 27.3 Å². The quantitative estimate of drug-likeness (QED) is 0.785. The van der Waals surface area contributed by atoms with Crippen molar-refractivity contribution in [3.63, 3.8) is 0 Å². The summed E-state index contributed by atoms with van der Waals surface area (Å²) in [5.74, 6) is -1.43. The first-order chi connectivity index (χ1) is 10.8. The first-order valence-electron chi connectivity index (χ1n) is 8.08. The van der Waals surface area contributed by atoms with Crippen LogP contribution in [-0.4, -0.2) is 50.4 Å². The maximum absolute atomic E-state index is 13.2. The number of rotatable bonds is 2. The number of likely N-dealkylation sites (tertiary alicyclic amines) is 1. The Morgan fingerprint density at radius 1 is 1.25 bits per heavy atom. The number of nitrogens with zero attached hydrogens (tertiary/aromatic N) is 1. The standard InChI is InChI=1S/C15H25F3N2O3S/c1-13(2,3)24(23)19-11-8-10(15(16,17)18)9-14(11)4-6-20(7-5-14)12(21)22/h10-11,19H,4-9H2,1-3H3,(H,21,22)/t10?,11-,24?/m1/s1. The van der Waals surface area contributed by atoms with E-state index in [1.165, 1.54) is 4.90 Å². The number of piperidine rings is 1. The van der Waals surface area contributed by atoms with Crippen molar-refractivity contribution >= 4 is 17.1 Å². The second kappa shape index (κ2) is 6.48. The second-order valence-electron chi connectivity index (χ2n) is 7.86. The number of hydrogen-bond donors (Lipinski definition) is 2. The Morgan fingerprint density at radius 3 is 2.21 bits per heavy atom. The number of hydrogen-bond acceptors (Lipinski definition) is 2. The van der Waals surface area contributed by atoms with Crippen LogP contribution in [0, 0.1) is 11.3 Å². The molecule has 2 unspecified atom stereocenters. The first kappa shape index (κ1) is 19.5. The summed E-state index contributed by atoms with van der Waals surface area (Å²) >= 11 is 0. The highest BCUT2D eigenvalue weighted by Gasteiger charge is 2.56. The van der Waals surface area contributed by atoms with Crippen LogP contribution in [0.5, 0.6) is 0 Å². The zero-order valence-electron chi connectivity index (χ0n) is 14.2. The molecule has 2 aliphatic rings. The molecule has 5 nitrogen and oxygen atoms in total. The predicted octanol–water partition coefficient (Wildman–Crippen LogP) is 3.14. The summed E-state index contributed by atoms with van der Waals surface area (Å²) in [5.41, 5.74) is -0.646. The highest BCUT2D eigenvalue weighted by atomic mass is 32.2. The molecule has 24 heavy (non-hydrogen) atoms. The lowest BCUT2D eigenvalue weighted by Gasteiger charge is -2.43. The Kier molecular flexibility index (Phi) is 5.26. The van der Waals surface area contributed by atoms with Crippen molar-refractivity contribution in [1.29, 1.82) is 0 Å². The minimum absolute atomic E-state index is 0.0248. The molecule has 9 heteroatoms. The molecule has 2 rings (SSSR count). The molecule has 0 aromatic rings. The summed E-state index contributed by atoms with van der Waals surface area (Å²) in [4.78, 5) is 12.3. The summed E-state index contributed by atoms with van der Waals surface area (Å²) in [7, 11) is -1.46. The van der Waals surface area contributed by atoms with E-state index in [0.717, 1.165) is 0 Å². The van der Waals surface area contributed by atoms with E-state index in [1.807, 2.05) is 0 Å². The summed E-state index contributed by atoms with van der Waals surface area (Å²) in [6.07, 6.45) is -4.72. The van der Waals surface area contributed by atoms with Crippen LogP contribution < -0.4 is 4.72 Å². The Hall–Kier alpha value is -0.830. The van der Waals surface area contributed by atoms with Gasteiger partial charge in [-0.1, -0.05) is 0 Å². The van der Waals surface area contributed by atoms with Gasteiger partial charge in [-0.05, 0) is 51.9 Å². The second-order valence-corrected chi connectivity index (χ2v) is 9.86. The Bertz CT molecular complexity index is 511. The van der Waals surface area contributed by atoms with Crippen molar-refractivity contribution in [2.24, 2.45) is 11.3 Å². The molecule has 1 saturated heterocycles. The molecule has 3 atom stereocenters. The normalized spacial score (nSPS) is 29.0. The molecule has 2 fully saturated rings. The van der Waals surface area contributed by atoms with Gasteiger partial charge in [-0.15, -0.1) is 0 Å². The maximum Gasteiger partial charge on any atom is 0.407 e. The van der Waals surface area contributed by atoms with E-state index in [-0.39, 0.29) is 25.9 Å². The highest BCUT2D eigenvalue weighted by Crippen LogP contribution is 2.53. The number of carbonyl (C=O) groups is 1. The van der Waals surface area contributed by atoms with Crippen LogP contribution >= 0.6 is 0 Å². The van der Waals surface area contributed by atoms with Gasteiger partial charge in [0.25, 0.3) is 0 Å². The minimum Gasteiger partial charge on any atom is -0.465 e. The predicted molar refractivity (Wildman–Crippen MR) is 84.9 cm³/mol. The van der Waals surface area contributed by atoms with Gasteiger partial charge < -0.3 is 10.0 Å². The number of halogens is 3. The van der Waals surface area contributed by atoms with Gasteiger partial charge >= 0.3 is 12.3 Å². The van der Waals surface area contributed by atoms with Crippen LogP contribution in [0.4, 0.5) is 18.0 Å². The fourth-order valence-electron chi connectivity index (χ4n) is 3.68. The smallest absolute Gasteiger partial charge is 0.407 e. The summed E-state index contributed by atoms with van der Waals surface area (Å²) in [5, 5.41) is 9.05. The molecule has 140 valence electrons. The molecule has 1 spiro atoms. The van der Waals surface area contributed by atoms with Crippen molar-refractivity contribution in [2.75, 3.05) is 13.1 Å². The van der Waals surface area contributed by atoms with Gasteiger partial charge in [0, 0.05) is 19.1 Å². The van der Waals surface area contributed by atoms with Gasteiger partial charge in [0.15, 0.2) is 0 Å². The number of carboxylic acid groups (broad SMARTS) is 1. The Balaban J connectivity index is 2.19. The van der Waals surface area contributed by atoms with E-state index < -0.39 is 45.4 Å². The van der Waals surface area contributed by atoms with Crippen molar-refractivity contribution in [2.45, 2.75) is 63.4 Å². The molecule has 0 radical (unpaired) electrons. The monoisotopic (exact) mass is 370 g/mol. The molecular formula is C15H25F3N2O3S. The number of amides is 1. The van der Waals surface area contributed by atoms with Gasteiger partial charge in [-0.3, -0.25) is 0 Å². The average molecular weight is 370 g/mol. The first-order valence-corrected chi connectivity index (χ1v) is 9.23. The lowest BCUT2D eigenvalue weighted by Crippen LogP contribution is -2.51. The average Bonchev–Trinajstić information content (AvgIpc) is 2.77. The zero-order valence-corrected chi connectivity index (χ0v) is 15.0. The van der Waals surface area contributed by atoms with E-state index in [2.05, 4.69) is 4.72 Å². The van der Waals surface area contributed by atoms with Crippen LogP contribution in [0.25, 0.3) is 0 Å². The van der Waals surface area contributed by atoms with Gasteiger partial charge in [-0.25, -0.2) is 13.7 Å². The number of nitrogens with one attached hydrogen (secondary N) is 1. The van der Waals surface area contributed by atoms with Gasteiger partial charge in [0.05, 0.1) is 21.7 Å². The molecule has 1 heterocycles. The Labute approximate surface area is 142 Å². The van der Waals surface area contributed by atoms with Crippen molar-refractivity contribution in [3.05, 3.63) is 0 Å². The summed E-state index contributed by atoms with van der Waals surface area (Å²) < 4.78 is 54.5. The van der Waals surface area contributed by atoms with Crippen molar-refractivity contribution in [3.8, 4) is 0 Å². The van der Waals surface area contributed by atoms with E-state index in [0.29, 0.717) is 12.8 Å². The molecule has 2 N–H and O–H groups in total. The van der Waals surface area contributed by atoms with Crippen molar-refractivity contribution in [1.82, 2.24) is 9.62 Å². The van der Waals surface area contributed by atoms with Gasteiger partial charge in [0.2, 0.25) is 0 Å². The van der Waals surface area contributed by atoms with Crippen LogP contribution in [-0.2, 0) is 11.0 Å². The molecule has 0 aromatic carbocycles. The SMILES string of the molecule is CC(C)(C)S(=O)N[C@@H]1CC(C(F)(F)F)CC12CCN(C(=O)O)CC2. The van der Waals surface area contributed by atoms with E-state index in [9.17, 15) is 22.2 Å². The molecule has 1 amide bonds. The molecular weight excluding hydrogens is 345 g/mol. The lowest BCUT2D eigenvalue weighted by atomic mass is 9.74. The zero-order chi connectivity index (χ0) is 18.3. The third-order valence-electron chi connectivity index (χ3n) is 5.21. The Morgan fingerprint density at radius 2 is 1.79 bits per heavy atom. The molecule has 1 aliphatic carbocycles. The van der Waals surface area contributed by atoms with E-state index in [4.69, 9.17) is 5.11 Å². The molecule has 0 aromatic heterocycles. The molecule has 0 bridgehead atoms. The van der Waals surface area contributed by atoms with Crippen LogP contribution in [0.2, 0.25) is 0 Å².